The van der Waals surface area contributed by atoms with Crippen LogP contribution in [-0.4, -0.2) is 12.5 Å². The van der Waals surface area contributed by atoms with E-state index >= 15 is 0 Å². The molecule has 0 saturated carbocycles. The number of anilines is 1. The Hall–Kier alpha value is -2.49. The quantitative estimate of drug-likeness (QED) is 0.648. The average Bonchev–Trinajstić information content (AvgIpc) is 2.45. The van der Waals surface area contributed by atoms with E-state index in [0.717, 1.165) is 24.8 Å². The highest BCUT2D eigenvalue weighted by molar-refractivity contribution is 5.97. The molecule has 0 atom stereocenters. The first-order valence-electron chi connectivity index (χ1n) is 6.20. The lowest BCUT2D eigenvalue weighted by atomic mass is 10.2. The van der Waals surface area contributed by atoms with Gasteiger partial charge in [-0.15, -0.1) is 0 Å². The zero-order chi connectivity index (χ0) is 15.9. The topological polar surface area (TPSA) is 64.9 Å². The first-order valence-corrected chi connectivity index (χ1v) is 6.20. The lowest BCUT2D eigenvalue weighted by Crippen LogP contribution is -2.25. The van der Waals surface area contributed by atoms with Crippen LogP contribution < -0.4 is 10.6 Å². The molecular formula is C14H14F3N3O. The summed E-state index contributed by atoms with van der Waals surface area (Å²) >= 11 is 0. The van der Waals surface area contributed by atoms with Crippen molar-refractivity contribution in [2.24, 2.45) is 0 Å². The standard InChI is InChI=1S/C14H14F3N3O/c1-2-7-19-13(21)10(8-18)9-20-12-5-3-11(4-6-12)14(15,16)17/h3-6,9,20H,2,7H2,1H3,(H,19,21)/b10-9-. The summed E-state index contributed by atoms with van der Waals surface area (Å²) in [5, 5.41) is 14.0. The number of rotatable bonds is 5. The van der Waals surface area contributed by atoms with Crippen LogP contribution in [0.5, 0.6) is 0 Å². The van der Waals surface area contributed by atoms with Gasteiger partial charge in [0.1, 0.15) is 11.6 Å². The maximum absolute atomic E-state index is 12.4. The van der Waals surface area contributed by atoms with Gasteiger partial charge >= 0.3 is 6.18 Å². The summed E-state index contributed by atoms with van der Waals surface area (Å²) < 4.78 is 37.2. The van der Waals surface area contributed by atoms with Gasteiger partial charge < -0.3 is 10.6 Å². The van der Waals surface area contributed by atoms with Gasteiger partial charge in [-0.2, -0.15) is 18.4 Å². The molecule has 21 heavy (non-hydrogen) atoms. The molecule has 0 aromatic heterocycles. The van der Waals surface area contributed by atoms with Crippen molar-refractivity contribution in [2.75, 3.05) is 11.9 Å². The molecule has 0 aliphatic heterocycles. The first kappa shape index (κ1) is 16.6. The molecule has 0 aliphatic rings. The average molecular weight is 297 g/mol. The zero-order valence-corrected chi connectivity index (χ0v) is 11.3. The second-order valence-corrected chi connectivity index (χ2v) is 4.15. The minimum atomic E-state index is -4.40. The third kappa shape index (κ3) is 5.18. The number of nitriles is 1. The maximum atomic E-state index is 12.4. The van der Waals surface area contributed by atoms with E-state index in [2.05, 4.69) is 10.6 Å². The Bertz CT molecular complexity index is 556. The van der Waals surface area contributed by atoms with E-state index in [9.17, 15) is 18.0 Å². The van der Waals surface area contributed by atoms with Crippen molar-refractivity contribution < 1.29 is 18.0 Å². The summed E-state index contributed by atoms with van der Waals surface area (Å²) in [4.78, 5) is 11.5. The second kappa shape index (κ2) is 7.33. The molecule has 7 heteroatoms. The van der Waals surface area contributed by atoms with Crippen molar-refractivity contribution in [3.63, 3.8) is 0 Å². The van der Waals surface area contributed by atoms with Gasteiger partial charge in [-0.05, 0) is 30.7 Å². The van der Waals surface area contributed by atoms with Gasteiger partial charge in [-0.25, -0.2) is 0 Å². The second-order valence-electron chi connectivity index (χ2n) is 4.15. The molecule has 0 bridgehead atoms. The van der Waals surface area contributed by atoms with E-state index in [1.165, 1.54) is 12.1 Å². The molecule has 0 aliphatic carbocycles. The molecule has 1 amide bonds. The van der Waals surface area contributed by atoms with Crippen molar-refractivity contribution >= 4 is 11.6 Å². The molecule has 0 heterocycles. The Morgan fingerprint density at radius 3 is 2.43 bits per heavy atom. The van der Waals surface area contributed by atoms with Crippen molar-refractivity contribution in [1.82, 2.24) is 5.32 Å². The third-order valence-electron chi connectivity index (χ3n) is 2.50. The summed E-state index contributed by atoms with van der Waals surface area (Å²) in [7, 11) is 0. The van der Waals surface area contributed by atoms with E-state index in [1.54, 1.807) is 6.07 Å². The molecule has 0 saturated heterocycles. The number of halogens is 3. The van der Waals surface area contributed by atoms with Crippen LogP contribution in [0.1, 0.15) is 18.9 Å². The van der Waals surface area contributed by atoms with E-state index in [4.69, 9.17) is 5.26 Å². The van der Waals surface area contributed by atoms with Crippen LogP contribution in [0.2, 0.25) is 0 Å². The number of nitrogens with one attached hydrogen (secondary N) is 2. The van der Waals surface area contributed by atoms with Gasteiger partial charge in [-0.3, -0.25) is 4.79 Å². The Morgan fingerprint density at radius 1 is 1.33 bits per heavy atom. The fourth-order valence-electron chi connectivity index (χ4n) is 1.39. The van der Waals surface area contributed by atoms with E-state index in [1.807, 2.05) is 6.92 Å². The molecule has 1 aromatic rings. The number of carbonyl (C=O) groups is 1. The number of benzene rings is 1. The Labute approximate surface area is 120 Å². The molecule has 0 unspecified atom stereocenters. The van der Waals surface area contributed by atoms with Crippen LogP contribution in [0.3, 0.4) is 0 Å². The summed E-state index contributed by atoms with van der Waals surface area (Å²) in [6.45, 7) is 2.31. The predicted octanol–water partition coefficient (Wildman–Crippen LogP) is 3.05. The molecule has 1 aromatic carbocycles. The van der Waals surface area contributed by atoms with Gasteiger partial charge in [0, 0.05) is 18.4 Å². The minimum absolute atomic E-state index is 0.150. The highest BCUT2D eigenvalue weighted by Gasteiger charge is 2.29. The molecular weight excluding hydrogens is 283 g/mol. The molecule has 4 nitrogen and oxygen atoms in total. The molecule has 1 rings (SSSR count). The lowest BCUT2D eigenvalue weighted by Gasteiger charge is -2.08. The minimum Gasteiger partial charge on any atom is -0.360 e. The van der Waals surface area contributed by atoms with Crippen LogP contribution in [0.4, 0.5) is 18.9 Å². The van der Waals surface area contributed by atoms with Gasteiger partial charge in [0.05, 0.1) is 5.56 Å². The van der Waals surface area contributed by atoms with Crippen LogP contribution in [-0.2, 0) is 11.0 Å². The van der Waals surface area contributed by atoms with Gasteiger partial charge in [0.25, 0.3) is 5.91 Å². The highest BCUT2D eigenvalue weighted by atomic mass is 19.4. The number of alkyl halides is 3. The van der Waals surface area contributed by atoms with Gasteiger partial charge in [0.2, 0.25) is 0 Å². The van der Waals surface area contributed by atoms with E-state index < -0.39 is 17.6 Å². The number of nitrogens with zero attached hydrogens (tertiary/aromatic N) is 1. The zero-order valence-electron chi connectivity index (χ0n) is 11.3. The molecule has 0 fully saturated rings. The number of amides is 1. The summed E-state index contributed by atoms with van der Waals surface area (Å²) in [6, 6.07) is 6.00. The fraction of sp³-hybridized carbons (Fsp3) is 0.286. The highest BCUT2D eigenvalue weighted by Crippen LogP contribution is 2.29. The Morgan fingerprint density at radius 2 is 1.95 bits per heavy atom. The number of hydrogen-bond acceptors (Lipinski definition) is 3. The SMILES string of the molecule is CCCNC(=O)/C(C#N)=C\Nc1ccc(C(F)(F)F)cc1. The van der Waals surface area contributed by atoms with Crippen LogP contribution in [0.25, 0.3) is 0 Å². The van der Waals surface area contributed by atoms with Gasteiger partial charge in [0.15, 0.2) is 0 Å². The molecule has 2 N–H and O–H groups in total. The fourth-order valence-corrected chi connectivity index (χ4v) is 1.39. The van der Waals surface area contributed by atoms with Crippen molar-refractivity contribution in [1.29, 1.82) is 5.26 Å². The van der Waals surface area contributed by atoms with Crippen molar-refractivity contribution in [3.8, 4) is 6.07 Å². The molecule has 0 spiro atoms. The monoisotopic (exact) mass is 297 g/mol. The van der Waals surface area contributed by atoms with E-state index in [0.29, 0.717) is 12.2 Å². The van der Waals surface area contributed by atoms with Crippen molar-refractivity contribution in [3.05, 3.63) is 41.6 Å². The summed E-state index contributed by atoms with van der Waals surface area (Å²) in [5.41, 5.74) is -0.569. The van der Waals surface area contributed by atoms with Gasteiger partial charge in [-0.1, -0.05) is 6.92 Å². The predicted molar refractivity (Wildman–Crippen MR) is 72.1 cm³/mol. The normalized spacial score (nSPS) is 11.7. The summed E-state index contributed by atoms with van der Waals surface area (Å²) in [6.07, 6.45) is -2.50. The van der Waals surface area contributed by atoms with E-state index in [-0.39, 0.29) is 5.57 Å². The maximum Gasteiger partial charge on any atom is 0.416 e. The third-order valence-corrected chi connectivity index (χ3v) is 2.50. The van der Waals surface area contributed by atoms with Crippen LogP contribution in [0.15, 0.2) is 36.0 Å². The molecule has 0 radical (unpaired) electrons. The lowest BCUT2D eigenvalue weighted by molar-refractivity contribution is -0.137. The Balaban J connectivity index is 2.74. The van der Waals surface area contributed by atoms with Crippen LogP contribution >= 0.6 is 0 Å². The number of carbonyl (C=O) groups excluding carboxylic acids is 1. The molecule has 112 valence electrons. The Kier molecular flexibility index (Phi) is 5.79. The smallest absolute Gasteiger partial charge is 0.360 e. The van der Waals surface area contributed by atoms with Crippen LogP contribution in [0, 0.1) is 11.3 Å². The largest absolute Gasteiger partial charge is 0.416 e. The first-order chi connectivity index (χ1) is 9.88. The van der Waals surface area contributed by atoms with Crippen molar-refractivity contribution in [2.45, 2.75) is 19.5 Å². The number of hydrogen-bond donors (Lipinski definition) is 2. The summed E-state index contributed by atoms with van der Waals surface area (Å²) in [5.74, 6) is -0.529.